The lowest BCUT2D eigenvalue weighted by atomic mass is 10.1. The Bertz CT molecular complexity index is 714. The van der Waals surface area contributed by atoms with Crippen LogP contribution in [0, 0.1) is 6.92 Å². The normalized spacial score (nSPS) is 12.9. The Labute approximate surface area is 160 Å². The van der Waals surface area contributed by atoms with Gasteiger partial charge in [-0.25, -0.2) is 9.59 Å². The predicted molar refractivity (Wildman–Crippen MR) is 102 cm³/mol. The Morgan fingerprint density at radius 2 is 1.59 bits per heavy atom. The van der Waals surface area contributed by atoms with Gasteiger partial charge in [-0.15, -0.1) is 0 Å². The van der Waals surface area contributed by atoms with Crippen molar-refractivity contribution in [2.24, 2.45) is 0 Å². The third kappa shape index (κ3) is 8.19. The molecule has 0 saturated heterocycles. The zero-order chi connectivity index (χ0) is 21.0. The summed E-state index contributed by atoms with van der Waals surface area (Å²) >= 11 is 0. The number of nitrogens with one attached hydrogen (secondary N) is 1. The third-order valence-corrected chi connectivity index (χ3v) is 3.32. The lowest BCUT2D eigenvalue weighted by Gasteiger charge is -2.26. The van der Waals surface area contributed by atoms with Crippen molar-refractivity contribution in [1.82, 2.24) is 10.3 Å². The molecule has 1 aromatic heterocycles. The van der Waals surface area contributed by atoms with Crippen molar-refractivity contribution in [3.8, 4) is 0 Å². The maximum Gasteiger partial charge on any atom is 0.408 e. The molecule has 0 fully saturated rings. The molecule has 27 heavy (non-hydrogen) atoms. The summed E-state index contributed by atoms with van der Waals surface area (Å²) in [6.45, 7) is 13.7. The van der Waals surface area contributed by atoms with Crippen molar-refractivity contribution in [3.63, 3.8) is 0 Å². The molecular weight excluding hydrogens is 348 g/mol. The Balaban J connectivity index is 3.03. The summed E-state index contributed by atoms with van der Waals surface area (Å²) in [7, 11) is 0. The van der Waals surface area contributed by atoms with E-state index in [-0.39, 0.29) is 12.2 Å². The zero-order valence-corrected chi connectivity index (χ0v) is 17.4. The zero-order valence-electron chi connectivity index (χ0n) is 17.4. The second-order valence-electron chi connectivity index (χ2n) is 8.43. The van der Waals surface area contributed by atoms with E-state index in [0.717, 1.165) is 0 Å². The number of hydrogen-bond donors (Lipinski definition) is 1. The number of hydrogen-bond acceptors (Lipinski definition) is 6. The Morgan fingerprint density at radius 1 is 1.04 bits per heavy atom. The molecule has 0 radical (unpaired) electrons. The number of pyridine rings is 1. The number of esters is 1. The van der Waals surface area contributed by atoms with Gasteiger partial charge < -0.3 is 14.8 Å². The van der Waals surface area contributed by atoms with Crippen molar-refractivity contribution in [3.05, 3.63) is 29.1 Å². The van der Waals surface area contributed by atoms with Crippen LogP contribution in [0.5, 0.6) is 0 Å². The van der Waals surface area contributed by atoms with Gasteiger partial charge >= 0.3 is 12.1 Å². The lowest BCUT2D eigenvalue weighted by molar-refractivity contribution is -0.157. The summed E-state index contributed by atoms with van der Waals surface area (Å²) in [6.07, 6.45) is -0.594. The quantitative estimate of drug-likeness (QED) is 0.623. The fourth-order valence-electron chi connectivity index (χ4n) is 2.32. The monoisotopic (exact) mass is 378 g/mol. The van der Waals surface area contributed by atoms with Gasteiger partial charge in [-0.2, -0.15) is 0 Å². The smallest absolute Gasteiger partial charge is 0.408 e. The van der Waals surface area contributed by atoms with Crippen molar-refractivity contribution in [2.75, 3.05) is 0 Å². The van der Waals surface area contributed by atoms with Crippen molar-refractivity contribution < 1.29 is 23.9 Å². The first-order chi connectivity index (χ1) is 12.2. The van der Waals surface area contributed by atoms with Crippen LogP contribution in [0.3, 0.4) is 0 Å². The van der Waals surface area contributed by atoms with Gasteiger partial charge in [0.15, 0.2) is 5.78 Å². The van der Waals surface area contributed by atoms with Crippen LogP contribution in [0.1, 0.15) is 70.2 Å². The average molecular weight is 378 g/mol. The van der Waals surface area contributed by atoms with Crippen LogP contribution in [0.25, 0.3) is 0 Å². The van der Waals surface area contributed by atoms with E-state index in [1.165, 1.54) is 6.92 Å². The minimum Gasteiger partial charge on any atom is -0.458 e. The Morgan fingerprint density at radius 3 is 2.04 bits per heavy atom. The van der Waals surface area contributed by atoms with Crippen LogP contribution < -0.4 is 5.32 Å². The molecule has 0 saturated carbocycles. The summed E-state index contributed by atoms with van der Waals surface area (Å²) in [5, 5.41) is 2.56. The summed E-state index contributed by atoms with van der Waals surface area (Å²) in [5.41, 5.74) is 0.255. The predicted octanol–water partition coefficient (Wildman–Crippen LogP) is 3.37. The summed E-state index contributed by atoms with van der Waals surface area (Å²) in [4.78, 5) is 40.6. The molecule has 0 aliphatic carbocycles. The molecule has 0 bridgehead atoms. The molecule has 0 spiro atoms. The van der Waals surface area contributed by atoms with Gasteiger partial charge in [-0.05, 0) is 67.5 Å². The maximum atomic E-state index is 12.6. The number of Topliss-reactive ketones (excluding diaryl/α,β-unsaturated/α-hetero) is 1. The molecule has 1 rings (SSSR count). The van der Waals surface area contributed by atoms with Gasteiger partial charge in [-0.3, -0.25) is 9.78 Å². The van der Waals surface area contributed by atoms with Crippen LogP contribution in [-0.4, -0.2) is 40.1 Å². The van der Waals surface area contributed by atoms with Gasteiger partial charge in [0.25, 0.3) is 0 Å². The van der Waals surface area contributed by atoms with E-state index >= 15 is 0 Å². The van der Waals surface area contributed by atoms with Gasteiger partial charge in [0.2, 0.25) is 0 Å². The Hall–Kier alpha value is -2.44. The molecule has 1 atom stereocenters. The maximum absolute atomic E-state index is 12.6. The fourth-order valence-corrected chi connectivity index (χ4v) is 2.32. The van der Waals surface area contributed by atoms with Crippen LogP contribution >= 0.6 is 0 Å². The summed E-state index contributed by atoms with van der Waals surface area (Å²) < 4.78 is 10.6. The molecule has 0 aliphatic rings. The van der Waals surface area contributed by atoms with Gasteiger partial charge in [0, 0.05) is 23.4 Å². The first kappa shape index (κ1) is 22.6. The topological polar surface area (TPSA) is 94.6 Å². The SMILES string of the molecule is CC(=O)c1ccc(C[C@H](NC(=O)OC(C)(C)C)C(=O)OC(C)(C)C)nc1C. The first-order valence-electron chi connectivity index (χ1n) is 8.88. The minimum atomic E-state index is -0.964. The molecule has 1 heterocycles. The molecule has 7 nitrogen and oxygen atoms in total. The van der Waals surface area contributed by atoms with Gasteiger partial charge in [-0.1, -0.05) is 0 Å². The number of nitrogens with zero attached hydrogens (tertiary/aromatic N) is 1. The second-order valence-corrected chi connectivity index (χ2v) is 8.43. The molecule has 150 valence electrons. The number of alkyl carbamates (subject to hydrolysis) is 1. The third-order valence-electron chi connectivity index (χ3n) is 3.32. The standard InChI is InChI=1S/C20H30N2O5/c1-12-15(13(2)23)10-9-14(21-12)11-16(17(24)26-19(3,4)5)22-18(25)27-20(6,7)8/h9-10,16H,11H2,1-8H3,(H,22,25)/t16-/m0/s1. The number of carbonyl (C=O) groups excluding carboxylic acids is 3. The highest BCUT2D eigenvalue weighted by molar-refractivity contribution is 5.95. The van der Waals surface area contributed by atoms with Crippen LogP contribution in [0.4, 0.5) is 4.79 Å². The van der Waals surface area contributed by atoms with Crippen molar-refractivity contribution in [2.45, 2.75) is 79.1 Å². The number of aryl methyl sites for hydroxylation is 1. The van der Waals surface area contributed by atoms with E-state index in [2.05, 4.69) is 10.3 Å². The van der Waals surface area contributed by atoms with Gasteiger partial charge in [0.1, 0.15) is 17.2 Å². The van der Waals surface area contributed by atoms with Crippen LogP contribution in [-0.2, 0) is 20.7 Å². The van der Waals surface area contributed by atoms with E-state index in [1.807, 2.05) is 0 Å². The first-order valence-corrected chi connectivity index (χ1v) is 8.88. The molecule has 0 aromatic carbocycles. The number of carbonyl (C=O) groups is 3. The second kappa shape index (κ2) is 8.50. The van der Waals surface area contributed by atoms with Crippen LogP contribution in [0.15, 0.2) is 12.1 Å². The van der Waals surface area contributed by atoms with E-state index in [4.69, 9.17) is 9.47 Å². The molecule has 7 heteroatoms. The van der Waals surface area contributed by atoms with E-state index in [1.54, 1.807) is 60.6 Å². The highest BCUT2D eigenvalue weighted by Gasteiger charge is 2.29. The summed E-state index contributed by atoms with van der Waals surface area (Å²) in [5.74, 6) is -0.662. The largest absolute Gasteiger partial charge is 0.458 e. The number of ether oxygens (including phenoxy) is 2. The molecule has 1 N–H and O–H groups in total. The van der Waals surface area contributed by atoms with E-state index in [0.29, 0.717) is 17.0 Å². The molecule has 0 unspecified atom stereocenters. The van der Waals surface area contributed by atoms with E-state index < -0.39 is 29.3 Å². The number of aromatic nitrogens is 1. The highest BCUT2D eigenvalue weighted by Crippen LogP contribution is 2.14. The van der Waals surface area contributed by atoms with Crippen molar-refractivity contribution in [1.29, 1.82) is 0 Å². The summed E-state index contributed by atoms with van der Waals surface area (Å²) in [6, 6.07) is 2.37. The molecular formula is C20H30N2O5. The molecule has 1 aromatic rings. The number of rotatable bonds is 5. The fraction of sp³-hybridized carbons (Fsp3) is 0.600. The molecule has 0 aliphatic heterocycles. The van der Waals surface area contributed by atoms with Crippen LogP contribution in [0.2, 0.25) is 0 Å². The minimum absolute atomic E-state index is 0.0814. The van der Waals surface area contributed by atoms with Gasteiger partial charge in [0.05, 0.1) is 0 Å². The van der Waals surface area contributed by atoms with E-state index in [9.17, 15) is 14.4 Å². The van der Waals surface area contributed by atoms with Crippen molar-refractivity contribution >= 4 is 17.8 Å². The number of ketones is 1. The lowest BCUT2D eigenvalue weighted by Crippen LogP contribution is -2.47. The number of amides is 1. The Kier molecular flexibility index (Phi) is 7.11. The molecule has 1 amide bonds. The average Bonchev–Trinajstić information content (AvgIpc) is 2.42. The highest BCUT2D eigenvalue weighted by atomic mass is 16.6.